The Labute approximate surface area is 118 Å². The molecule has 1 atom stereocenters. The minimum atomic E-state index is 0.257. The van der Waals surface area contributed by atoms with Gasteiger partial charge in [-0.25, -0.2) is 0 Å². The third-order valence-corrected chi connectivity index (χ3v) is 4.42. The Morgan fingerprint density at radius 3 is 3.05 bits per heavy atom. The largest absolute Gasteiger partial charge is 0.493 e. The van der Waals surface area contributed by atoms with Gasteiger partial charge in [-0.1, -0.05) is 31.2 Å². The van der Waals surface area contributed by atoms with E-state index >= 15 is 0 Å². The van der Waals surface area contributed by atoms with Crippen LogP contribution in [0, 0.1) is 0 Å². The lowest BCUT2D eigenvalue weighted by Crippen LogP contribution is -2.22. The molecule has 2 heterocycles. The average Bonchev–Trinajstić information content (AvgIpc) is 3.10. The number of nitrogens with one attached hydrogen (secondary N) is 1. The molecule has 3 heteroatoms. The molecule has 0 radical (unpaired) electrons. The number of fused-ring (bicyclic) bond motifs is 1. The third kappa shape index (κ3) is 2.53. The normalized spacial score (nSPS) is 15.0. The fourth-order valence-corrected chi connectivity index (χ4v) is 3.39. The van der Waals surface area contributed by atoms with Gasteiger partial charge in [-0.3, -0.25) is 0 Å². The molecular weight excluding hydrogens is 254 g/mol. The molecule has 0 spiro atoms. The average molecular weight is 273 g/mol. The number of hydrogen-bond acceptors (Lipinski definition) is 3. The van der Waals surface area contributed by atoms with Gasteiger partial charge < -0.3 is 10.1 Å². The molecule has 19 heavy (non-hydrogen) atoms. The van der Waals surface area contributed by atoms with Crippen molar-refractivity contribution in [2.75, 3.05) is 13.2 Å². The minimum Gasteiger partial charge on any atom is -0.493 e. The van der Waals surface area contributed by atoms with Gasteiger partial charge in [-0.05, 0) is 30.0 Å². The van der Waals surface area contributed by atoms with E-state index in [1.807, 2.05) is 0 Å². The van der Waals surface area contributed by atoms with Crippen molar-refractivity contribution >= 4 is 11.3 Å². The molecule has 1 aliphatic rings. The van der Waals surface area contributed by atoms with Crippen LogP contribution in [0.3, 0.4) is 0 Å². The zero-order valence-corrected chi connectivity index (χ0v) is 12.0. The lowest BCUT2D eigenvalue weighted by Gasteiger charge is -2.20. The molecule has 1 aliphatic heterocycles. The molecule has 0 saturated carbocycles. The van der Waals surface area contributed by atoms with Crippen molar-refractivity contribution in [2.24, 2.45) is 0 Å². The second kappa shape index (κ2) is 5.76. The van der Waals surface area contributed by atoms with Crippen LogP contribution in [-0.2, 0) is 6.42 Å². The molecule has 0 bridgehead atoms. The van der Waals surface area contributed by atoms with Crippen LogP contribution >= 0.6 is 11.3 Å². The molecule has 0 aliphatic carbocycles. The molecule has 100 valence electrons. The van der Waals surface area contributed by atoms with Crippen LogP contribution in [0.4, 0.5) is 0 Å². The van der Waals surface area contributed by atoms with Gasteiger partial charge in [-0.15, -0.1) is 11.3 Å². The Morgan fingerprint density at radius 2 is 2.26 bits per heavy atom. The summed E-state index contributed by atoms with van der Waals surface area (Å²) < 4.78 is 5.85. The Kier molecular flexibility index (Phi) is 3.85. The van der Waals surface area contributed by atoms with Gasteiger partial charge in [0.05, 0.1) is 12.6 Å². The summed E-state index contributed by atoms with van der Waals surface area (Å²) in [5.74, 6) is 1.10. The summed E-state index contributed by atoms with van der Waals surface area (Å²) in [6.07, 6.45) is 2.17. The highest BCUT2D eigenvalue weighted by molar-refractivity contribution is 7.10. The van der Waals surface area contributed by atoms with Gasteiger partial charge in [0.1, 0.15) is 5.75 Å². The maximum absolute atomic E-state index is 5.85. The van der Waals surface area contributed by atoms with E-state index in [1.165, 1.54) is 16.0 Å². The van der Waals surface area contributed by atoms with Crippen molar-refractivity contribution in [3.8, 4) is 5.75 Å². The minimum absolute atomic E-state index is 0.257. The first-order valence-electron chi connectivity index (χ1n) is 6.91. The number of rotatable bonds is 5. The van der Waals surface area contributed by atoms with Crippen molar-refractivity contribution in [1.29, 1.82) is 0 Å². The van der Waals surface area contributed by atoms with Gasteiger partial charge in [0, 0.05) is 16.9 Å². The molecule has 2 nitrogen and oxygen atoms in total. The molecular formula is C16H19NOS. The summed E-state index contributed by atoms with van der Waals surface area (Å²) in [6, 6.07) is 11.1. The monoisotopic (exact) mass is 273 g/mol. The van der Waals surface area contributed by atoms with Gasteiger partial charge in [-0.2, -0.15) is 0 Å². The lowest BCUT2D eigenvalue weighted by molar-refractivity contribution is 0.350. The highest BCUT2D eigenvalue weighted by Gasteiger charge is 2.23. The molecule has 3 rings (SSSR count). The van der Waals surface area contributed by atoms with Crippen molar-refractivity contribution in [3.05, 3.63) is 51.7 Å². The predicted octanol–water partition coefficient (Wildman–Crippen LogP) is 3.77. The zero-order chi connectivity index (χ0) is 13.1. The summed E-state index contributed by atoms with van der Waals surface area (Å²) in [4.78, 5) is 1.36. The summed E-state index contributed by atoms with van der Waals surface area (Å²) in [5.41, 5.74) is 2.63. The molecule has 0 fully saturated rings. The molecule has 1 aromatic heterocycles. The molecule has 1 aromatic carbocycles. The Morgan fingerprint density at radius 1 is 1.32 bits per heavy atom. The summed E-state index contributed by atoms with van der Waals surface area (Å²) in [6.45, 7) is 4.04. The number of para-hydroxylation sites is 1. The van der Waals surface area contributed by atoms with Crippen LogP contribution in [0.2, 0.25) is 0 Å². The van der Waals surface area contributed by atoms with Crippen molar-refractivity contribution < 1.29 is 4.74 Å². The first-order chi connectivity index (χ1) is 9.40. The first-order valence-corrected chi connectivity index (χ1v) is 7.79. The second-order valence-corrected chi connectivity index (χ2v) is 5.82. The highest BCUT2D eigenvalue weighted by Crippen LogP contribution is 2.37. The first kappa shape index (κ1) is 12.7. The molecule has 1 N–H and O–H groups in total. The molecule has 2 aromatic rings. The summed E-state index contributed by atoms with van der Waals surface area (Å²) >= 11 is 1.80. The van der Waals surface area contributed by atoms with E-state index in [1.54, 1.807) is 11.3 Å². The van der Waals surface area contributed by atoms with Crippen molar-refractivity contribution in [3.63, 3.8) is 0 Å². The van der Waals surface area contributed by atoms with Crippen molar-refractivity contribution in [2.45, 2.75) is 25.8 Å². The van der Waals surface area contributed by atoms with Gasteiger partial charge >= 0.3 is 0 Å². The van der Waals surface area contributed by atoms with Crippen LogP contribution in [-0.4, -0.2) is 13.2 Å². The van der Waals surface area contributed by atoms with Gasteiger partial charge in [0.2, 0.25) is 0 Å². The lowest BCUT2D eigenvalue weighted by atomic mass is 10.0. The van der Waals surface area contributed by atoms with Gasteiger partial charge in [0.25, 0.3) is 0 Å². The van der Waals surface area contributed by atoms with E-state index in [4.69, 9.17) is 4.74 Å². The van der Waals surface area contributed by atoms with Gasteiger partial charge in [0.15, 0.2) is 0 Å². The predicted molar refractivity (Wildman–Crippen MR) is 80.1 cm³/mol. The van der Waals surface area contributed by atoms with Crippen LogP contribution in [0.15, 0.2) is 35.7 Å². The SMILES string of the molecule is CCCNC(c1cccs1)c1cccc2c1OCC2. The standard InChI is InChI=1S/C16H19NOS/c1-2-9-17-15(14-7-4-11-19-14)13-6-3-5-12-8-10-18-16(12)13/h3-7,11,15,17H,2,8-10H2,1H3. The molecule has 1 unspecified atom stereocenters. The van der Waals surface area contributed by atoms with Crippen LogP contribution in [0.1, 0.15) is 35.4 Å². The smallest absolute Gasteiger partial charge is 0.127 e. The number of hydrogen-bond donors (Lipinski definition) is 1. The third-order valence-electron chi connectivity index (χ3n) is 3.48. The fourth-order valence-electron chi connectivity index (χ4n) is 2.58. The summed E-state index contributed by atoms with van der Waals surface area (Å²) in [5, 5.41) is 5.79. The Hall–Kier alpha value is -1.32. The van der Waals surface area contributed by atoms with E-state index in [0.717, 1.165) is 31.7 Å². The topological polar surface area (TPSA) is 21.3 Å². The number of ether oxygens (including phenoxy) is 1. The highest BCUT2D eigenvalue weighted by atomic mass is 32.1. The number of benzene rings is 1. The fraction of sp³-hybridized carbons (Fsp3) is 0.375. The van der Waals surface area contributed by atoms with Crippen LogP contribution in [0.5, 0.6) is 5.75 Å². The molecule has 0 saturated heterocycles. The molecule has 0 amide bonds. The van der Waals surface area contributed by atoms with E-state index in [9.17, 15) is 0 Å². The Bertz CT molecular complexity index is 536. The summed E-state index contributed by atoms with van der Waals surface area (Å²) in [7, 11) is 0. The van der Waals surface area contributed by atoms with E-state index in [2.05, 4.69) is 48.0 Å². The maximum atomic E-state index is 5.85. The second-order valence-electron chi connectivity index (χ2n) is 4.84. The van der Waals surface area contributed by atoms with Crippen molar-refractivity contribution in [1.82, 2.24) is 5.32 Å². The van der Waals surface area contributed by atoms with E-state index < -0.39 is 0 Å². The van der Waals surface area contributed by atoms with E-state index in [-0.39, 0.29) is 6.04 Å². The Balaban J connectivity index is 1.98. The number of thiophene rings is 1. The zero-order valence-electron chi connectivity index (χ0n) is 11.2. The van der Waals surface area contributed by atoms with E-state index in [0.29, 0.717) is 0 Å². The van der Waals surface area contributed by atoms with Crippen LogP contribution in [0.25, 0.3) is 0 Å². The maximum Gasteiger partial charge on any atom is 0.127 e. The van der Waals surface area contributed by atoms with Crippen LogP contribution < -0.4 is 10.1 Å². The quantitative estimate of drug-likeness (QED) is 0.895.